The summed E-state index contributed by atoms with van der Waals surface area (Å²) >= 11 is 0. The average molecular weight is 260 g/mol. The minimum atomic E-state index is 0.838. The molecule has 1 fully saturated rings. The lowest BCUT2D eigenvalue weighted by Crippen LogP contribution is -2.29. The fourth-order valence-corrected chi connectivity index (χ4v) is 2.69. The Labute approximate surface area is 117 Å². The number of hydrogen-bond acceptors (Lipinski definition) is 2. The van der Waals surface area contributed by atoms with Gasteiger partial charge in [-0.3, -0.25) is 0 Å². The lowest BCUT2D eigenvalue weighted by Gasteiger charge is -2.22. The van der Waals surface area contributed by atoms with Crippen LogP contribution in [0.25, 0.3) is 0 Å². The van der Waals surface area contributed by atoms with Gasteiger partial charge < -0.3 is 10.1 Å². The van der Waals surface area contributed by atoms with Gasteiger partial charge in [0.05, 0.1) is 6.61 Å². The Kier molecular flexibility index (Phi) is 6.22. The first-order valence-corrected chi connectivity index (χ1v) is 7.60. The lowest BCUT2D eigenvalue weighted by molar-refractivity contribution is 0.275. The van der Waals surface area contributed by atoms with Crippen LogP contribution in [0.4, 0.5) is 0 Å². The van der Waals surface area contributed by atoms with Gasteiger partial charge in [-0.05, 0) is 75.2 Å². The number of piperidine rings is 1. The summed E-state index contributed by atoms with van der Waals surface area (Å²) in [4.78, 5) is 0. The highest BCUT2D eigenvalue weighted by molar-refractivity contribution is 5.27. The van der Waals surface area contributed by atoms with Gasteiger partial charge in [0.15, 0.2) is 0 Å². The largest absolute Gasteiger partial charge is 0.494 e. The molecule has 1 aliphatic rings. The molecule has 0 aliphatic carbocycles. The summed E-state index contributed by atoms with van der Waals surface area (Å²) in [5.41, 5.74) is 1.34. The van der Waals surface area contributed by atoms with Crippen LogP contribution in [0.2, 0.25) is 0 Å². The van der Waals surface area contributed by atoms with E-state index in [-0.39, 0.29) is 0 Å². The van der Waals surface area contributed by atoms with Crippen LogP contribution in [0, 0.1) is 12.8 Å². The summed E-state index contributed by atoms with van der Waals surface area (Å²) in [6, 6.07) is 8.44. The van der Waals surface area contributed by atoms with E-state index in [1.54, 1.807) is 0 Å². The van der Waals surface area contributed by atoms with Gasteiger partial charge >= 0.3 is 0 Å². The van der Waals surface area contributed by atoms with Crippen LogP contribution >= 0.6 is 0 Å². The molecule has 1 saturated heterocycles. The molecule has 1 heterocycles. The van der Waals surface area contributed by atoms with E-state index in [4.69, 9.17) is 4.74 Å². The number of ether oxygens (including phenoxy) is 1. The normalized spacial score (nSPS) is 19.3. The minimum Gasteiger partial charge on any atom is -0.494 e. The van der Waals surface area contributed by atoms with Crippen molar-refractivity contribution < 1.29 is 4.74 Å². The Morgan fingerprint density at radius 1 is 1.26 bits per heavy atom. The first kappa shape index (κ1) is 14.4. The molecule has 1 N–H and O–H groups in total. The van der Waals surface area contributed by atoms with Crippen LogP contribution in [0.15, 0.2) is 24.3 Å². The molecule has 1 atom stereocenters. The molecule has 1 aliphatic heterocycles. The number of hydrogen-bond donors (Lipinski definition) is 1. The maximum atomic E-state index is 5.79. The topological polar surface area (TPSA) is 21.3 Å². The third kappa shape index (κ3) is 5.23. The highest BCUT2D eigenvalue weighted by Crippen LogP contribution is 2.17. The van der Waals surface area contributed by atoms with Crippen molar-refractivity contribution in [3.05, 3.63) is 36.8 Å². The summed E-state index contributed by atoms with van der Waals surface area (Å²) in [5.74, 6) is 1.85. The predicted molar refractivity (Wildman–Crippen MR) is 80.4 cm³/mol. The number of nitrogens with one attached hydrogen (secondary N) is 1. The quantitative estimate of drug-likeness (QED) is 0.756. The predicted octanol–water partition coefficient (Wildman–Crippen LogP) is 3.61. The van der Waals surface area contributed by atoms with E-state index in [1.807, 2.05) is 0 Å². The Hall–Kier alpha value is -1.02. The molecule has 2 rings (SSSR count). The van der Waals surface area contributed by atoms with Crippen molar-refractivity contribution in [3.8, 4) is 5.75 Å². The van der Waals surface area contributed by atoms with Crippen molar-refractivity contribution in [2.45, 2.75) is 38.5 Å². The SMILES string of the molecule is [CH2]CCc1ccc(OCCCC2CCCNC2)cc1. The van der Waals surface area contributed by atoms with Crippen molar-refractivity contribution in [2.24, 2.45) is 5.92 Å². The van der Waals surface area contributed by atoms with Crippen molar-refractivity contribution in [3.63, 3.8) is 0 Å². The molecule has 19 heavy (non-hydrogen) atoms. The van der Waals surface area contributed by atoms with Gasteiger partial charge in [-0.2, -0.15) is 0 Å². The molecule has 0 spiro atoms. The Morgan fingerprint density at radius 2 is 2.11 bits per heavy atom. The van der Waals surface area contributed by atoms with Gasteiger partial charge in [-0.25, -0.2) is 0 Å². The molecule has 1 radical (unpaired) electrons. The van der Waals surface area contributed by atoms with Crippen LogP contribution in [0.5, 0.6) is 5.75 Å². The zero-order valence-electron chi connectivity index (χ0n) is 11.9. The smallest absolute Gasteiger partial charge is 0.119 e. The monoisotopic (exact) mass is 260 g/mol. The summed E-state index contributed by atoms with van der Waals surface area (Å²) in [5, 5.41) is 3.47. The minimum absolute atomic E-state index is 0.838. The van der Waals surface area contributed by atoms with E-state index >= 15 is 0 Å². The number of aryl methyl sites for hydroxylation is 1. The van der Waals surface area contributed by atoms with E-state index < -0.39 is 0 Å². The summed E-state index contributed by atoms with van der Waals surface area (Å²) in [7, 11) is 0. The molecule has 0 aromatic heterocycles. The first-order chi connectivity index (χ1) is 9.38. The third-order valence-electron chi connectivity index (χ3n) is 3.81. The molecule has 1 aromatic carbocycles. The van der Waals surface area contributed by atoms with E-state index in [9.17, 15) is 0 Å². The van der Waals surface area contributed by atoms with Crippen LogP contribution in [0.3, 0.4) is 0 Å². The molecule has 0 bridgehead atoms. The molecule has 0 saturated carbocycles. The fourth-order valence-electron chi connectivity index (χ4n) is 2.69. The average Bonchev–Trinajstić information content (AvgIpc) is 2.47. The van der Waals surface area contributed by atoms with Gasteiger partial charge in [0.25, 0.3) is 0 Å². The second kappa shape index (κ2) is 8.21. The van der Waals surface area contributed by atoms with Crippen LogP contribution < -0.4 is 10.1 Å². The number of benzene rings is 1. The van der Waals surface area contributed by atoms with Gasteiger partial charge in [0.2, 0.25) is 0 Å². The van der Waals surface area contributed by atoms with Crippen molar-refractivity contribution in [2.75, 3.05) is 19.7 Å². The van der Waals surface area contributed by atoms with Gasteiger partial charge in [0.1, 0.15) is 5.75 Å². The summed E-state index contributed by atoms with van der Waals surface area (Å²) in [6.07, 6.45) is 7.16. The highest BCUT2D eigenvalue weighted by Gasteiger charge is 2.11. The molecule has 105 valence electrons. The van der Waals surface area contributed by atoms with Crippen molar-refractivity contribution in [1.82, 2.24) is 5.32 Å². The molecule has 0 amide bonds. The lowest BCUT2D eigenvalue weighted by atomic mass is 9.95. The van der Waals surface area contributed by atoms with Crippen molar-refractivity contribution >= 4 is 0 Å². The van der Waals surface area contributed by atoms with E-state index in [2.05, 4.69) is 36.5 Å². The van der Waals surface area contributed by atoms with E-state index in [0.717, 1.165) is 37.5 Å². The molecular weight excluding hydrogens is 234 g/mol. The first-order valence-electron chi connectivity index (χ1n) is 7.60. The zero-order chi connectivity index (χ0) is 13.3. The summed E-state index contributed by atoms with van der Waals surface area (Å²) < 4.78 is 5.79. The standard InChI is InChI=1S/C17H26NO/c1-2-5-15-8-10-17(11-9-15)19-13-4-7-16-6-3-12-18-14-16/h8-11,16,18H,1-7,12-14H2. The zero-order valence-corrected chi connectivity index (χ0v) is 11.9. The fraction of sp³-hybridized carbons (Fsp3) is 0.588. The molecule has 2 heteroatoms. The van der Waals surface area contributed by atoms with Gasteiger partial charge in [0, 0.05) is 0 Å². The second-order valence-electron chi connectivity index (χ2n) is 5.45. The Balaban J connectivity index is 1.62. The molecule has 1 unspecified atom stereocenters. The van der Waals surface area contributed by atoms with E-state index in [0.29, 0.717) is 0 Å². The molecule has 1 aromatic rings. The van der Waals surface area contributed by atoms with Crippen molar-refractivity contribution in [1.29, 1.82) is 0 Å². The Bertz CT molecular complexity index is 341. The molecular formula is C17H26NO. The van der Waals surface area contributed by atoms with Gasteiger partial charge in [-0.1, -0.05) is 19.1 Å². The maximum absolute atomic E-state index is 5.79. The van der Waals surface area contributed by atoms with Gasteiger partial charge in [-0.15, -0.1) is 0 Å². The number of rotatable bonds is 7. The van der Waals surface area contributed by atoms with Crippen LogP contribution in [0.1, 0.15) is 37.7 Å². The Morgan fingerprint density at radius 3 is 2.79 bits per heavy atom. The second-order valence-corrected chi connectivity index (χ2v) is 5.45. The maximum Gasteiger partial charge on any atom is 0.119 e. The third-order valence-corrected chi connectivity index (χ3v) is 3.81. The van der Waals surface area contributed by atoms with Crippen LogP contribution in [-0.2, 0) is 6.42 Å². The van der Waals surface area contributed by atoms with E-state index in [1.165, 1.54) is 37.9 Å². The van der Waals surface area contributed by atoms with Crippen LogP contribution in [-0.4, -0.2) is 19.7 Å². The highest BCUT2D eigenvalue weighted by atomic mass is 16.5. The summed E-state index contributed by atoms with van der Waals surface area (Å²) in [6.45, 7) is 7.11. The molecule has 2 nitrogen and oxygen atoms in total.